The lowest BCUT2D eigenvalue weighted by Crippen LogP contribution is -2.15. The van der Waals surface area contributed by atoms with Crippen LogP contribution in [0.15, 0.2) is 10.5 Å². The molecule has 1 atom stereocenters. The normalized spacial score (nSPS) is 11.9. The maximum atomic E-state index is 11.4. The molecule has 0 saturated carbocycles. The van der Waals surface area contributed by atoms with Crippen molar-refractivity contribution in [3.63, 3.8) is 0 Å². The van der Waals surface area contributed by atoms with Crippen molar-refractivity contribution in [1.29, 1.82) is 0 Å². The fraction of sp³-hybridized carbons (Fsp3) is 0.417. The quantitative estimate of drug-likeness (QED) is 0.860. The van der Waals surface area contributed by atoms with Crippen molar-refractivity contribution >= 4 is 21.9 Å². The van der Waals surface area contributed by atoms with Gasteiger partial charge in [-0.2, -0.15) is 0 Å². The zero-order valence-corrected chi connectivity index (χ0v) is 12.2. The first-order valence-corrected chi connectivity index (χ1v) is 5.94. The average Bonchev–Trinajstić information content (AvgIpc) is 2.39. The molecule has 0 aliphatic rings. The Morgan fingerprint density at radius 1 is 1.33 bits per heavy atom. The highest BCUT2D eigenvalue weighted by atomic mass is 79.9. The van der Waals surface area contributed by atoms with E-state index in [2.05, 4.69) is 20.7 Å². The van der Waals surface area contributed by atoms with Gasteiger partial charge < -0.3 is 19.3 Å². The first-order chi connectivity index (χ1) is 8.47. The van der Waals surface area contributed by atoms with Gasteiger partial charge in [0, 0.05) is 11.1 Å². The second-order valence-electron chi connectivity index (χ2n) is 3.57. The summed E-state index contributed by atoms with van der Waals surface area (Å²) in [5, 5.41) is 9.91. The second-order valence-corrected chi connectivity index (χ2v) is 4.36. The number of benzene rings is 1. The molecule has 6 heteroatoms. The van der Waals surface area contributed by atoms with Crippen LogP contribution in [0.2, 0.25) is 0 Å². The van der Waals surface area contributed by atoms with Gasteiger partial charge in [-0.25, -0.2) is 4.79 Å². The summed E-state index contributed by atoms with van der Waals surface area (Å²) in [6, 6.07) is 1.56. The van der Waals surface area contributed by atoms with Crippen LogP contribution in [0, 0.1) is 6.92 Å². The maximum absolute atomic E-state index is 11.4. The van der Waals surface area contributed by atoms with E-state index in [9.17, 15) is 9.90 Å². The molecule has 0 aliphatic carbocycles. The summed E-state index contributed by atoms with van der Waals surface area (Å²) in [6.45, 7) is 1.83. The Balaban J connectivity index is 3.42. The molecule has 0 amide bonds. The number of ether oxygens (including phenoxy) is 3. The number of hydrogen-bond acceptors (Lipinski definition) is 5. The van der Waals surface area contributed by atoms with Crippen LogP contribution in [0.25, 0.3) is 0 Å². The highest BCUT2D eigenvalue weighted by molar-refractivity contribution is 9.10. The van der Waals surface area contributed by atoms with Crippen LogP contribution in [-0.4, -0.2) is 32.4 Å². The number of esters is 1. The predicted molar refractivity (Wildman–Crippen MR) is 69.0 cm³/mol. The van der Waals surface area contributed by atoms with Crippen molar-refractivity contribution in [1.82, 2.24) is 0 Å². The second kappa shape index (κ2) is 6.06. The fourth-order valence-corrected chi connectivity index (χ4v) is 2.17. The number of aliphatic hydroxyl groups is 1. The smallest absolute Gasteiger partial charge is 0.339 e. The molecule has 100 valence electrons. The lowest BCUT2D eigenvalue weighted by Gasteiger charge is -2.18. The van der Waals surface area contributed by atoms with Gasteiger partial charge in [-0.3, -0.25) is 0 Å². The molecular formula is C12H15BrO5. The van der Waals surface area contributed by atoms with Gasteiger partial charge in [0.25, 0.3) is 0 Å². The number of rotatable bonds is 4. The largest absolute Gasteiger partial charge is 0.496 e. The van der Waals surface area contributed by atoms with Crippen LogP contribution in [0.1, 0.15) is 17.2 Å². The lowest BCUT2D eigenvalue weighted by molar-refractivity contribution is -0.150. The molecule has 1 aromatic carbocycles. The van der Waals surface area contributed by atoms with Crippen LogP contribution in [-0.2, 0) is 9.53 Å². The van der Waals surface area contributed by atoms with Crippen molar-refractivity contribution < 1.29 is 24.1 Å². The fourth-order valence-electron chi connectivity index (χ4n) is 1.58. The number of carbonyl (C=O) groups is 1. The Kier molecular flexibility index (Phi) is 4.98. The Morgan fingerprint density at radius 3 is 2.39 bits per heavy atom. The minimum absolute atomic E-state index is 0.290. The van der Waals surface area contributed by atoms with Crippen LogP contribution >= 0.6 is 15.9 Å². The summed E-state index contributed by atoms with van der Waals surface area (Å²) >= 11 is 3.35. The third kappa shape index (κ3) is 2.59. The Labute approximate surface area is 114 Å². The molecule has 0 bridgehead atoms. The number of carbonyl (C=O) groups excluding carboxylic acids is 1. The van der Waals surface area contributed by atoms with E-state index in [0.29, 0.717) is 21.5 Å². The van der Waals surface area contributed by atoms with E-state index in [1.54, 1.807) is 6.07 Å². The molecule has 0 radical (unpaired) electrons. The number of methoxy groups -OCH3 is 3. The van der Waals surface area contributed by atoms with Gasteiger partial charge in [0.05, 0.1) is 25.8 Å². The zero-order valence-electron chi connectivity index (χ0n) is 10.6. The molecule has 0 heterocycles. The van der Waals surface area contributed by atoms with Crippen molar-refractivity contribution in [3.05, 3.63) is 21.7 Å². The number of hydrogen-bond donors (Lipinski definition) is 1. The Bertz CT molecular complexity index is 458. The van der Waals surface area contributed by atoms with Crippen molar-refractivity contribution in [2.75, 3.05) is 21.3 Å². The van der Waals surface area contributed by atoms with Crippen molar-refractivity contribution in [3.8, 4) is 11.5 Å². The minimum atomic E-state index is -1.42. The number of aliphatic hydroxyl groups excluding tert-OH is 1. The molecule has 0 spiro atoms. The van der Waals surface area contributed by atoms with Gasteiger partial charge in [0.1, 0.15) is 11.5 Å². The van der Waals surface area contributed by atoms with Gasteiger partial charge in [0.15, 0.2) is 6.10 Å². The monoisotopic (exact) mass is 318 g/mol. The third-order valence-electron chi connectivity index (χ3n) is 2.59. The molecule has 0 aromatic heterocycles. The summed E-state index contributed by atoms with van der Waals surface area (Å²) < 4.78 is 15.5. The van der Waals surface area contributed by atoms with Crippen molar-refractivity contribution in [2.24, 2.45) is 0 Å². The maximum Gasteiger partial charge on any atom is 0.339 e. The van der Waals surface area contributed by atoms with Crippen molar-refractivity contribution in [2.45, 2.75) is 13.0 Å². The molecule has 1 unspecified atom stereocenters. The van der Waals surface area contributed by atoms with Crippen LogP contribution in [0.4, 0.5) is 0 Å². The topological polar surface area (TPSA) is 65.0 Å². The third-order valence-corrected chi connectivity index (χ3v) is 3.54. The van der Waals surface area contributed by atoms with E-state index in [1.165, 1.54) is 21.3 Å². The van der Waals surface area contributed by atoms with Gasteiger partial charge in [-0.1, -0.05) is 0 Å². The SMILES string of the molecule is COC(=O)C(O)c1cc(OC)c(C)c(Br)c1OC. The van der Waals surface area contributed by atoms with E-state index in [-0.39, 0.29) is 0 Å². The standard InChI is InChI=1S/C12H15BrO5/c1-6-8(16-2)5-7(10(14)12(15)18-4)11(17-3)9(6)13/h5,10,14H,1-4H3. The highest BCUT2D eigenvalue weighted by Crippen LogP contribution is 2.40. The summed E-state index contributed by atoms with van der Waals surface area (Å²) in [5.74, 6) is 0.165. The van der Waals surface area contributed by atoms with Gasteiger partial charge >= 0.3 is 5.97 Å². The molecule has 1 rings (SSSR count). The molecule has 1 aromatic rings. The Hall–Kier alpha value is -1.27. The summed E-state index contributed by atoms with van der Waals surface area (Å²) in [7, 11) is 4.17. The summed E-state index contributed by atoms with van der Waals surface area (Å²) in [5.41, 5.74) is 1.11. The van der Waals surface area contributed by atoms with E-state index in [1.807, 2.05) is 6.92 Å². The van der Waals surface area contributed by atoms with Gasteiger partial charge in [0.2, 0.25) is 0 Å². The minimum Gasteiger partial charge on any atom is -0.496 e. The van der Waals surface area contributed by atoms with E-state index >= 15 is 0 Å². The molecule has 0 saturated heterocycles. The van der Waals surface area contributed by atoms with E-state index in [0.717, 1.165) is 5.56 Å². The Morgan fingerprint density at radius 2 is 1.94 bits per heavy atom. The summed E-state index contributed by atoms with van der Waals surface area (Å²) in [6.07, 6.45) is -1.42. The molecule has 18 heavy (non-hydrogen) atoms. The molecule has 0 fully saturated rings. The van der Waals surface area contributed by atoms with Gasteiger partial charge in [-0.05, 0) is 28.9 Å². The van der Waals surface area contributed by atoms with Crippen LogP contribution in [0.3, 0.4) is 0 Å². The average molecular weight is 319 g/mol. The first-order valence-electron chi connectivity index (χ1n) is 5.14. The van der Waals surface area contributed by atoms with E-state index < -0.39 is 12.1 Å². The molecule has 5 nitrogen and oxygen atoms in total. The lowest BCUT2D eigenvalue weighted by atomic mass is 10.0. The highest BCUT2D eigenvalue weighted by Gasteiger charge is 2.26. The number of halogens is 1. The van der Waals surface area contributed by atoms with Gasteiger partial charge in [-0.15, -0.1) is 0 Å². The first kappa shape index (κ1) is 14.8. The zero-order chi connectivity index (χ0) is 13.9. The molecule has 0 aliphatic heterocycles. The molecular weight excluding hydrogens is 304 g/mol. The van der Waals surface area contributed by atoms with Crippen LogP contribution in [0.5, 0.6) is 11.5 Å². The van der Waals surface area contributed by atoms with E-state index in [4.69, 9.17) is 9.47 Å². The molecule has 1 N–H and O–H groups in total. The predicted octanol–water partition coefficient (Wildman–Crippen LogP) is 1.98. The summed E-state index contributed by atoms with van der Waals surface area (Å²) in [4.78, 5) is 11.4. The van der Waals surface area contributed by atoms with Crippen LogP contribution < -0.4 is 9.47 Å².